The number of esters is 1. The number of benzene rings is 3. The lowest BCUT2D eigenvalue weighted by molar-refractivity contribution is 0.0456. The molecule has 0 aromatic heterocycles. The first-order valence-electron chi connectivity index (χ1n) is 13.2. The third-order valence-electron chi connectivity index (χ3n) is 6.96. The first-order chi connectivity index (χ1) is 19.1. The fraction of sp³-hybridized carbons (Fsp3) is 0.212. The minimum absolute atomic E-state index is 0.0610. The molecule has 2 aliphatic rings. The van der Waals surface area contributed by atoms with Crippen molar-refractivity contribution in [2.45, 2.75) is 13.0 Å². The summed E-state index contributed by atoms with van der Waals surface area (Å²) in [7, 11) is 1.36. The minimum atomic E-state index is -0.383. The Hall–Kier alpha value is -4.42. The fourth-order valence-electron chi connectivity index (χ4n) is 4.78. The highest BCUT2D eigenvalue weighted by Crippen LogP contribution is 2.28. The Kier molecular flexibility index (Phi) is 8.34. The number of ether oxygens (including phenoxy) is 2. The second kappa shape index (κ2) is 12.4. The Balaban J connectivity index is 1.43. The van der Waals surface area contributed by atoms with Crippen molar-refractivity contribution in [3.8, 4) is 11.1 Å². The highest BCUT2D eigenvalue weighted by molar-refractivity contribution is 5.89. The van der Waals surface area contributed by atoms with Crippen LogP contribution in [0.2, 0.25) is 0 Å². The highest BCUT2D eigenvalue weighted by Gasteiger charge is 2.25. The molecule has 0 atom stereocenters. The second-order valence-corrected chi connectivity index (χ2v) is 9.49. The van der Waals surface area contributed by atoms with Crippen LogP contribution in [-0.2, 0) is 16.0 Å². The summed E-state index contributed by atoms with van der Waals surface area (Å²) < 4.78 is 10.3. The van der Waals surface area contributed by atoms with Gasteiger partial charge in [-0.25, -0.2) is 9.59 Å². The Morgan fingerprint density at radius 2 is 1.59 bits per heavy atom. The van der Waals surface area contributed by atoms with E-state index in [-0.39, 0.29) is 12.0 Å². The van der Waals surface area contributed by atoms with Crippen LogP contribution >= 0.6 is 0 Å². The molecule has 5 rings (SSSR count). The van der Waals surface area contributed by atoms with Crippen molar-refractivity contribution in [1.82, 2.24) is 9.80 Å². The zero-order chi connectivity index (χ0) is 27.0. The first kappa shape index (κ1) is 26.2. The van der Waals surface area contributed by atoms with Crippen LogP contribution in [0.5, 0.6) is 0 Å². The summed E-state index contributed by atoms with van der Waals surface area (Å²) >= 11 is 0. The van der Waals surface area contributed by atoms with Crippen molar-refractivity contribution in [2.75, 3.05) is 33.4 Å². The van der Waals surface area contributed by atoms with E-state index in [1.165, 1.54) is 23.8 Å². The molecule has 0 spiro atoms. The lowest BCUT2D eigenvalue weighted by Crippen LogP contribution is -2.47. The van der Waals surface area contributed by atoms with Gasteiger partial charge in [0, 0.05) is 18.8 Å². The van der Waals surface area contributed by atoms with E-state index >= 15 is 0 Å². The Bertz CT molecular complexity index is 1400. The van der Waals surface area contributed by atoms with Crippen LogP contribution < -0.4 is 0 Å². The minimum Gasteiger partial charge on any atom is -0.465 e. The number of hydrogen-bond donors (Lipinski definition) is 0. The summed E-state index contributed by atoms with van der Waals surface area (Å²) in [6.45, 7) is 2.55. The van der Waals surface area contributed by atoms with Gasteiger partial charge in [0.25, 0.3) is 0 Å². The average Bonchev–Trinajstić information content (AvgIpc) is 3.27. The number of carbonyl (C=O) groups is 2. The van der Waals surface area contributed by atoms with Gasteiger partial charge in [-0.1, -0.05) is 72.8 Å². The molecule has 1 aliphatic heterocycles. The molecule has 6 nitrogen and oxygen atoms in total. The van der Waals surface area contributed by atoms with E-state index in [2.05, 4.69) is 48.6 Å². The van der Waals surface area contributed by atoms with E-state index in [4.69, 9.17) is 9.47 Å². The summed E-state index contributed by atoms with van der Waals surface area (Å²) in [5.41, 5.74) is 6.90. The van der Waals surface area contributed by atoms with Gasteiger partial charge >= 0.3 is 12.0 Å². The molecule has 1 saturated heterocycles. The summed E-state index contributed by atoms with van der Waals surface area (Å²) in [5.74, 6) is -0.383. The van der Waals surface area contributed by atoms with Crippen molar-refractivity contribution in [2.24, 2.45) is 0 Å². The molecular formula is C33H32N2O4. The van der Waals surface area contributed by atoms with Crippen molar-refractivity contribution >= 4 is 17.6 Å². The number of nitrogens with zero attached hydrogens (tertiary/aromatic N) is 2. The van der Waals surface area contributed by atoms with Crippen molar-refractivity contribution in [1.29, 1.82) is 0 Å². The largest absolute Gasteiger partial charge is 0.465 e. The number of methoxy groups -OCH3 is 1. The molecule has 198 valence electrons. The van der Waals surface area contributed by atoms with Crippen molar-refractivity contribution in [3.05, 3.63) is 126 Å². The maximum atomic E-state index is 13.7. The topological polar surface area (TPSA) is 59.1 Å². The van der Waals surface area contributed by atoms with Crippen LogP contribution in [0.4, 0.5) is 4.79 Å². The lowest BCUT2D eigenvalue weighted by Gasteiger charge is -2.33. The number of amides is 2. The van der Waals surface area contributed by atoms with Gasteiger partial charge < -0.3 is 14.4 Å². The molecule has 1 heterocycles. The average molecular weight is 521 g/mol. The van der Waals surface area contributed by atoms with Gasteiger partial charge in [-0.2, -0.15) is 0 Å². The van der Waals surface area contributed by atoms with Gasteiger partial charge in [-0.05, 0) is 64.6 Å². The Morgan fingerprint density at radius 1 is 0.872 bits per heavy atom. The zero-order valence-electron chi connectivity index (χ0n) is 22.1. The van der Waals surface area contributed by atoms with Gasteiger partial charge in [0.1, 0.15) is 0 Å². The summed E-state index contributed by atoms with van der Waals surface area (Å²) in [5, 5.41) is 0. The van der Waals surface area contributed by atoms with Crippen LogP contribution in [0.25, 0.3) is 16.7 Å². The highest BCUT2D eigenvalue weighted by atomic mass is 16.5. The Labute approximate surface area is 229 Å². The summed E-state index contributed by atoms with van der Waals surface area (Å²) in [4.78, 5) is 29.2. The van der Waals surface area contributed by atoms with E-state index in [1.807, 2.05) is 47.4 Å². The number of carbonyl (C=O) groups excluding carboxylic acids is 2. The SMILES string of the molecule is COC(=O)c1ccc(CN(C(=O)N2CCOCC2)C2=CC=C(c3cccc(-c4ccccc4)c3)CC=C2)cc1. The molecule has 39 heavy (non-hydrogen) atoms. The predicted molar refractivity (Wildman–Crippen MR) is 153 cm³/mol. The molecule has 0 radical (unpaired) electrons. The van der Waals surface area contributed by atoms with E-state index in [0.717, 1.165) is 23.2 Å². The van der Waals surface area contributed by atoms with Crippen LogP contribution in [0.3, 0.4) is 0 Å². The van der Waals surface area contributed by atoms with Gasteiger partial charge in [0.15, 0.2) is 0 Å². The van der Waals surface area contributed by atoms with Gasteiger partial charge in [0.2, 0.25) is 0 Å². The van der Waals surface area contributed by atoms with E-state index < -0.39 is 0 Å². The normalized spacial score (nSPS) is 15.2. The molecule has 0 N–H and O–H groups in total. The molecule has 1 fully saturated rings. The summed E-state index contributed by atoms with van der Waals surface area (Å²) in [6.07, 6.45) is 9.02. The molecule has 3 aromatic carbocycles. The third kappa shape index (κ3) is 6.36. The molecule has 0 unspecified atom stereocenters. The van der Waals surface area contributed by atoms with Gasteiger partial charge in [0.05, 0.1) is 32.4 Å². The van der Waals surface area contributed by atoms with E-state index in [9.17, 15) is 9.59 Å². The number of urea groups is 1. The maximum Gasteiger partial charge on any atom is 0.337 e. The van der Waals surface area contributed by atoms with Gasteiger partial charge in [-0.3, -0.25) is 4.90 Å². The van der Waals surface area contributed by atoms with Crippen LogP contribution in [0.15, 0.2) is 109 Å². The second-order valence-electron chi connectivity index (χ2n) is 9.49. The predicted octanol–water partition coefficient (Wildman–Crippen LogP) is 6.32. The monoisotopic (exact) mass is 520 g/mol. The smallest absolute Gasteiger partial charge is 0.337 e. The molecule has 0 bridgehead atoms. The third-order valence-corrected chi connectivity index (χ3v) is 6.96. The molecule has 1 aliphatic carbocycles. The van der Waals surface area contributed by atoms with Crippen LogP contribution in [0, 0.1) is 0 Å². The van der Waals surface area contributed by atoms with Crippen LogP contribution in [-0.4, -0.2) is 55.2 Å². The summed E-state index contributed by atoms with van der Waals surface area (Å²) in [6, 6.07) is 26.0. The molecule has 6 heteroatoms. The fourth-order valence-corrected chi connectivity index (χ4v) is 4.78. The van der Waals surface area contributed by atoms with E-state index in [1.54, 1.807) is 17.0 Å². The number of rotatable bonds is 6. The number of allylic oxidation sites excluding steroid dienone is 5. The number of hydrogen-bond acceptors (Lipinski definition) is 4. The van der Waals surface area contributed by atoms with Crippen molar-refractivity contribution in [3.63, 3.8) is 0 Å². The molecular weight excluding hydrogens is 488 g/mol. The first-order valence-corrected chi connectivity index (χ1v) is 13.2. The lowest BCUT2D eigenvalue weighted by atomic mass is 9.97. The maximum absolute atomic E-state index is 13.7. The molecule has 0 saturated carbocycles. The standard InChI is InChI=1S/C33H32N2O4/c1-38-32(36)28-15-13-25(14-16-28)24-35(33(37)34-19-21-39-22-20-34)31-12-6-9-27(17-18-31)30-11-5-10-29(23-30)26-7-3-2-4-8-26/h2-8,10-18,23H,9,19-22,24H2,1H3. The van der Waals surface area contributed by atoms with E-state index in [0.29, 0.717) is 38.4 Å². The Morgan fingerprint density at radius 3 is 2.33 bits per heavy atom. The molecule has 3 aromatic rings. The quantitative estimate of drug-likeness (QED) is 0.357. The zero-order valence-corrected chi connectivity index (χ0v) is 22.1. The van der Waals surface area contributed by atoms with Crippen LogP contribution in [0.1, 0.15) is 27.9 Å². The number of morpholine rings is 1. The van der Waals surface area contributed by atoms with Gasteiger partial charge in [-0.15, -0.1) is 0 Å². The molecule has 2 amide bonds. The van der Waals surface area contributed by atoms with Crippen molar-refractivity contribution < 1.29 is 19.1 Å².